The van der Waals surface area contributed by atoms with Crippen LogP contribution in [0.4, 0.5) is 13.2 Å². The van der Waals surface area contributed by atoms with Crippen LogP contribution in [0.2, 0.25) is 0 Å². The molecule has 0 amide bonds. The maximum absolute atomic E-state index is 12.4. The van der Waals surface area contributed by atoms with Gasteiger partial charge in [-0.15, -0.1) is 0 Å². The maximum atomic E-state index is 12.4. The smallest absolute Gasteiger partial charge is 0.497 e. The average Bonchev–Trinajstić information content (AvgIpc) is 2.59. The summed E-state index contributed by atoms with van der Waals surface area (Å²) in [6.45, 7) is 0. The highest BCUT2D eigenvalue weighted by molar-refractivity contribution is 7.88. The average molecular weight is 386 g/mol. The molecule has 26 heavy (non-hydrogen) atoms. The molecule has 0 aliphatic heterocycles. The lowest BCUT2D eigenvalue weighted by Crippen LogP contribution is -2.28. The summed E-state index contributed by atoms with van der Waals surface area (Å²) in [5.74, 6) is -0.0577. The van der Waals surface area contributed by atoms with Gasteiger partial charge in [0.05, 0.1) is 12.7 Å². The van der Waals surface area contributed by atoms with Crippen LogP contribution < -0.4 is 8.92 Å². The number of hydrogen-bond donors (Lipinski definition) is 0. The fourth-order valence-electron chi connectivity index (χ4n) is 1.94. The van der Waals surface area contributed by atoms with Gasteiger partial charge in [0, 0.05) is 0 Å². The molecule has 0 heterocycles. The summed E-state index contributed by atoms with van der Waals surface area (Å²) in [6, 6.07) is 10.6. The van der Waals surface area contributed by atoms with Crippen molar-refractivity contribution in [1.29, 1.82) is 0 Å². The predicted molar refractivity (Wildman–Crippen MR) is 89.4 cm³/mol. The molecule has 9 heteroatoms. The normalized spacial score (nSPS) is 12.2. The van der Waals surface area contributed by atoms with Crippen LogP contribution in [0.1, 0.15) is 21.5 Å². The standard InChI is InChI=1S/C17H13F3O5S/c1-24-15-4-2-3-12(10-15)5-6-13-7-8-16(14(9-13)11-21)25-26(22,23)17(18,19)20/h2-11H,1H3/b6-5+. The van der Waals surface area contributed by atoms with Crippen molar-refractivity contribution >= 4 is 28.6 Å². The summed E-state index contributed by atoms with van der Waals surface area (Å²) in [5, 5.41) is 0. The summed E-state index contributed by atoms with van der Waals surface area (Å²) in [4.78, 5) is 11.1. The molecule has 0 unspecified atom stereocenters. The third-order valence-electron chi connectivity index (χ3n) is 3.21. The Labute approximate surface area is 147 Å². The summed E-state index contributed by atoms with van der Waals surface area (Å²) < 4.78 is 68.4. The minimum absolute atomic E-state index is 0.212. The van der Waals surface area contributed by atoms with Crippen molar-refractivity contribution in [3.63, 3.8) is 0 Å². The zero-order valence-corrected chi connectivity index (χ0v) is 14.2. The van der Waals surface area contributed by atoms with Gasteiger partial charge in [0.1, 0.15) is 5.75 Å². The molecule has 0 fully saturated rings. The Morgan fingerprint density at radius 1 is 1.00 bits per heavy atom. The van der Waals surface area contributed by atoms with E-state index < -0.39 is 21.4 Å². The first-order valence-corrected chi connectivity index (χ1v) is 8.49. The second kappa shape index (κ2) is 7.61. The minimum atomic E-state index is -5.85. The fraction of sp³-hybridized carbons (Fsp3) is 0.118. The van der Waals surface area contributed by atoms with Crippen LogP contribution in [0.3, 0.4) is 0 Å². The van der Waals surface area contributed by atoms with E-state index in [1.165, 1.54) is 19.2 Å². The lowest BCUT2D eigenvalue weighted by Gasteiger charge is -2.11. The molecule has 0 atom stereocenters. The second-order valence-corrected chi connectivity index (χ2v) is 6.55. The molecule has 0 spiro atoms. The molecule has 0 radical (unpaired) electrons. The number of hydrogen-bond acceptors (Lipinski definition) is 5. The van der Waals surface area contributed by atoms with Crippen molar-refractivity contribution in [2.75, 3.05) is 7.11 Å². The zero-order chi connectivity index (χ0) is 19.4. The Balaban J connectivity index is 2.28. The number of carbonyl (C=O) groups excluding carboxylic acids is 1. The van der Waals surface area contributed by atoms with E-state index in [9.17, 15) is 26.4 Å². The van der Waals surface area contributed by atoms with Gasteiger partial charge in [-0.05, 0) is 35.4 Å². The van der Waals surface area contributed by atoms with Crippen LogP contribution in [-0.4, -0.2) is 27.3 Å². The molecule has 0 saturated heterocycles. The molecule has 5 nitrogen and oxygen atoms in total. The zero-order valence-electron chi connectivity index (χ0n) is 13.4. The molecule has 2 aromatic rings. The fourth-order valence-corrected chi connectivity index (χ4v) is 2.42. The summed E-state index contributed by atoms with van der Waals surface area (Å²) in [7, 11) is -4.33. The van der Waals surface area contributed by atoms with Gasteiger partial charge in [-0.1, -0.05) is 30.4 Å². The minimum Gasteiger partial charge on any atom is -0.497 e. The predicted octanol–water partition coefficient (Wildman–Crippen LogP) is 3.91. The number of rotatable bonds is 6. The van der Waals surface area contributed by atoms with Crippen LogP contribution in [0.15, 0.2) is 42.5 Å². The largest absolute Gasteiger partial charge is 0.534 e. The van der Waals surface area contributed by atoms with E-state index in [4.69, 9.17) is 4.74 Å². The van der Waals surface area contributed by atoms with Gasteiger partial charge in [-0.2, -0.15) is 21.6 Å². The molecule has 0 saturated carbocycles. The molecule has 138 valence electrons. The van der Waals surface area contributed by atoms with Gasteiger partial charge < -0.3 is 8.92 Å². The van der Waals surface area contributed by atoms with E-state index in [0.29, 0.717) is 11.3 Å². The van der Waals surface area contributed by atoms with E-state index in [1.807, 2.05) is 0 Å². The van der Waals surface area contributed by atoms with E-state index >= 15 is 0 Å². The Hall–Kier alpha value is -2.81. The van der Waals surface area contributed by atoms with Gasteiger partial charge >= 0.3 is 15.6 Å². The number of ether oxygens (including phenoxy) is 1. The van der Waals surface area contributed by atoms with Crippen LogP contribution in [0.5, 0.6) is 11.5 Å². The lowest BCUT2D eigenvalue weighted by molar-refractivity contribution is -0.0500. The van der Waals surface area contributed by atoms with Crippen molar-refractivity contribution in [3.05, 3.63) is 59.2 Å². The second-order valence-electron chi connectivity index (χ2n) is 5.01. The molecule has 2 rings (SSSR count). The Morgan fingerprint density at radius 3 is 2.23 bits per heavy atom. The highest BCUT2D eigenvalue weighted by Gasteiger charge is 2.48. The molecular formula is C17H13F3O5S. The first-order chi connectivity index (χ1) is 12.2. The first kappa shape index (κ1) is 19.5. The molecule has 0 aliphatic rings. The van der Waals surface area contributed by atoms with Crippen LogP contribution in [0, 0.1) is 0 Å². The van der Waals surface area contributed by atoms with Crippen LogP contribution >= 0.6 is 0 Å². The van der Waals surface area contributed by atoms with Crippen molar-refractivity contribution in [2.45, 2.75) is 5.51 Å². The lowest BCUT2D eigenvalue weighted by atomic mass is 10.1. The van der Waals surface area contributed by atoms with Gasteiger partial charge in [-0.3, -0.25) is 4.79 Å². The number of carbonyl (C=O) groups is 1. The third-order valence-corrected chi connectivity index (χ3v) is 4.17. The van der Waals surface area contributed by atoms with Crippen molar-refractivity contribution in [1.82, 2.24) is 0 Å². The third kappa shape index (κ3) is 4.63. The molecule has 0 N–H and O–H groups in total. The van der Waals surface area contributed by atoms with Crippen molar-refractivity contribution in [2.24, 2.45) is 0 Å². The van der Waals surface area contributed by atoms with Gasteiger partial charge in [0.15, 0.2) is 12.0 Å². The van der Waals surface area contributed by atoms with Gasteiger partial charge in [-0.25, -0.2) is 0 Å². The van der Waals surface area contributed by atoms with Crippen LogP contribution in [0.25, 0.3) is 12.2 Å². The maximum Gasteiger partial charge on any atom is 0.534 e. The summed E-state index contributed by atoms with van der Waals surface area (Å²) in [6.07, 6.45) is 3.51. The molecule has 2 aromatic carbocycles. The molecule has 0 bridgehead atoms. The highest BCUT2D eigenvalue weighted by atomic mass is 32.2. The highest BCUT2D eigenvalue weighted by Crippen LogP contribution is 2.29. The monoisotopic (exact) mass is 386 g/mol. The molecular weight excluding hydrogens is 373 g/mol. The quantitative estimate of drug-likeness (QED) is 0.326. The topological polar surface area (TPSA) is 69.7 Å². The van der Waals surface area contributed by atoms with Crippen molar-refractivity contribution < 1.29 is 35.3 Å². The number of methoxy groups -OCH3 is 1. The van der Waals surface area contributed by atoms with E-state index in [0.717, 1.165) is 11.6 Å². The molecule has 0 aromatic heterocycles. The summed E-state index contributed by atoms with van der Waals surface area (Å²) >= 11 is 0. The van der Waals surface area contributed by atoms with E-state index in [2.05, 4.69) is 4.18 Å². The van der Waals surface area contributed by atoms with Gasteiger partial charge in [0.2, 0.25) is 0 Å². The van der Waals surface area contributed by atoms with E-state index in [1.54, 1.807) is 36.4 Å². The number of alkyl halides is 3. The number of benzene rings is 2. The number of halogens is 3. The first-order valence-electron chi connectivity index (χ1n) is 7.08. The van der Waals surface area contributed by atoms with Crippen LogP contribution in [-0.2, 0) is 10.1 Å². The van der Waals surface area contributed by atoms with Crippen molar-refractivity contribution in [3.8, 4) is 11.5 Å². The Bertz CT molecular complexity index is 934. The van der Waals surface area contributed by atoms with E-state index in [-0.39, 0.29) is 11.8 Å². The SMILES string of the molecule is COc1cccc(/C=C/c2ccc(OS(=O)(=O)C(F)(F)F)c(C=O)c2)c1. The Kier molecular flexibility index (Phi) is 5.71. The summed E-state index contributed by atoms with van der Waals surface area (Å²) in [5.41, 5.74) is -4.66. The Morgan fingerprint density at radius 2 is 1.65 bits per heavy atom. The molecule has 0 aliphatic carbocycles. The number of aldehydes is 1. The van der Waals surface area contributed by atoms with Gasteiger partial charge in [0.25, 0.3) is 0 Å².